The second kappa shape index (κ2) is 3.76. The van der Waals surface area contributed by atoms with Gasteiger partial charge in [-0.1, -0.05) is 11.6 Å². The lowest BCUT2D eigenvalue weighted by molar-refractivity contribution is 0.588. The number of hydrogen-bond acceptors (Lipinski definition) is 3. The maximum atomic E-state index is 11.4. The van der Waals surface area contributed by atoms with Crippen molar-refractivity contribution in [3.8, 4) is 0 Å². The Morgan fingerprint density at radius 2 is 2.00 bits per heavy atom. The third-order valence-corrected chi connectivity index (χ3v) is 3.75. The Hall–Kier alpha value is -0.780. The Bertz CT molecular complexity index is 433. The molecule has 6 heteroatoms. The maximum Gasteiger partial charge on any atom is 0.240 e. The highest BCUT2D eigenvalue weighted by atomic mass is 35.5. The summed E-state index contributed by atoms with van der Waals surface area (Å²) in [5.74, 6) is 0. The molecule has 0 heterocycles. The first-order valence-corrected chi connectivity index (χ1v) is 5.74. The van der Waals surface area contributed by atoms with Gasteiger partial charge in [-0.25, -0.2) is 13.1 Å². The van der Waals surface area contributed by atoms with Crippen LogP contribution in [0.4, 0.5) is 5.69 Å². The predicted octanol–water partition coefficient (Wildman–Crippen LogP) is 1.14. The van der Waals surface area contributed by atoms with Crippen LogP contribution in [0.1, 0.15) is 5.56 Å². The number of nitrogen functional groups attached to an aromatic ring is 1. The van der Waals surface area contributed by atoms with Gasteiger partial charge in [0.1, 0.15) is 0 Å². The van der Waals surface area contributed by atoms with Gasteiger partial charge in [0.05, 0.1) is 15.6 Å². The van der Waals surface area contributed by atoms with E-state index in [0.29, 0.717) is 10.6 Å². The zero-order chi connectivity index (χ0) is 10.9. The number of rotatable bonds is 2. The third-order valence-electron chi connectivity index (χ3n) is 1.84. The zero-order valence-electron chi connectivity index (χ0n) is 7.83. The average molecular weight is 235 g/mol. The zero-order valence-corrected chi connectivity index (χ0v) is 9.41. The van der Waals surface area contributed by atoms with Crippen molar-refractivity contribution in [2.45, 2.75) is 11.8 Å². The second-order valence-electron chi connectivity index (χ2n) is 2.85. The molecule has 0 atom stereocenters. The Morgan fingerprint density at radius 3 is 2.43 bits per heavy atom. The van der Waals surface area contributed by atoms with E-state index >= 15 is 0 Å². The van der Waals surface area contributed by atoms with Crippen LogP contribution in [-0.4, -0.2) is 15.5 Å². The van der Waals surface area contributed by atoms with Gasteiger partial charge in [-0.3, -0.25) is 0 Å². The Morgan fingerprint density at radius 1 is 1.43 bits per heavy atom. The van der Waals surface area contributed by atoms with Crippen molar-refractivity contribution in [2.24, 2.45) is 0 Å². The van der Waals surface area contributed by atoms with Gasteiger partial charge in [0.2, 0.25) is 10.0 Å². The molecule has 0 amide bonds. The number of aryl methyl sites for hydroxylation is 1. The normalized spacial score (nSPS) is 11.6. The predicted molar refractivity (Wildman–Crippen MR) is 56.8 cm³/mol. The lowest BCUT2D eigenvalue weighted by atomic mass is 10.2. The minimum atomic E-state index is -3.45. The molecule has 0 aromatic heterocycles. The summed E-state index contributed by atoms with van der Waals surface area (Å²) in [5, 5.41) is 0.389. The van der Waals surface area contributed by atoms with Crippen LogP contribution >= 0.6 is 11.6 Å². The molecule has 0 aliphatic rings. The van der Waals surface area contributed by atoms with E-state index < -0.39 is 10.0 Å². The SMILES string of the molecule is CNS(=O)(=O)c1cc(C)c(Cl)c(N)c1. The first-order valence-electron chi connectivity index (χ1n) is 3.87. The minimum Gasteiger partial charge on any atom is -0.397 e. The number of halogens is 1. The van der Waals surface area contributed by atoms with E-state index in [9.17, 15) is 8.42 Å². The fraction of sp³-hybridized carbons (Fsp3) is 0.250. The first-order chi connectivity index (χ1) is 6.38. The van der Waals surface area contributed by atoms with Crippen molar-refractivity contribution in [3.05, 3.63) is 22.7 Å². The highest BCUT2D eigenvalue weighted by Gasteiger charge is 2.14. The topological polar surface area (TPSA) is 72.2 Å². The molecule has 0 spiro atoms. The van der Waals surface area contributed by atoms with Gasteiger partial charge in [0, 0.05) is 0 Å². The van der Waals surface area contributed by atoms with Crippen molar-refractivity contribution in [1.29, 1.82) is 0 Å². The highest BCUT2D eigenvalue weighted by molar-refractivity contribution is 7.89. The monoisotopic (exact) mass is 234 g/mol. The molecule has 1 aromatic carbocycles. The van der Waals surface area contributed by atoms with Gasteiger partial charge in [0.25, 0.3) is 0 Å². The maximum absolute atomic E-state index is 11.4. The molecule has 1 aromatic rings. The lowest BCUT2D eigenvalue weighted by Gasteiger charge is -2.07. The summed E-state index contributed by atoms with van der Waals surface area (Å²) < 4.78 is 25.0. The number of nitrogens with two attached hydrogens (primary N) is 1. The van der Waals surface area contributed by atoms with Crippen LogP contribution in [0, 0.1) is 6.92 Å². The lowest BCUT2D eigenvalue weighted by Crippen LogP contribution is -2.18. The summed E-state index contributed by atoms with van der Waals surface area (Å²) >= 11 is 5.80. The second-order valence-corrected chi connectivity index (χ2v) is 5.12. The third kappa shape index (κ3) is 2.00. The van der Waals surface area contributed by atoms with Crippen molar-refractivity contribution < 1.29 is 8.42 Å². The van der Waals surface area contributed by atoms with Crippen LogP contribution in [0.15, 0.2) is 17.0 Å². The fourth-order valence-corrected chi connectivity index (χ4v) is 1.99. The standard InChI is InChI=1S/C8H11ClN2O2S/c1-5-3-6(14(12,13)11-2)4-7(10)8(5)9/h3-4,11H,10H2,1-2H3. The number of sulfonamides is 1. The summed E-state index contributed by atoms with van der Waals surface area (Å²) in [5.41, 5.74) is 6.45. The molecule has 3 N–H and O–H groups in total. The molecular formula is C8H11ClN2O2S. The summed E-state index contributed by atoms with van der Waals surface area (Å²) in [6, 6.07) is 2.81. The molecule has 0 fully saturated rings. The smallest absolute Gasteiger partial charge is 0.240 e. The van der Waals surface area contributed by atoms with E-state index in [4.69, 9.17) is 17.3 Å². The molecule has 78 valence electrons. The van der Waals surface area contributed by atoms with Gasteiger partial charge in [-0.2, -0.15) is 0 Å². The van der Waals surface area contributed by atoms with Gasteiger partial charge in [-0.15, -0.1) is 0 Å². The van der Waals surface area contributed by atoms with Crippen molar-refractivity contribution in [1.82, 2.24) is 4.72 Å². The van der Waals surface area contributed by atoms with Crippen molar-refractivity contribution in [3.63, 3.8) is 0 Å². The first kappa shape index (κ1) is 11.3. The average Bonchev–Trinajstić information content (AvgIpc) is 2.13. The molecule has 0 saturated heterocycles. The van der Waals surface area contributed by atoms with Crippen LogP contribution < -0.4 is 10.5 Å². The fourth-order valence-electron chi connectivity index (χ4n) is 1.04. The van der Waals surface area contributed by atoms with E-state index in [1.165, 1.54) is 19.2 Å². The summed E-state index contributed by atoms with van der Waals surface area (Å²) in [4.78, 5) is 0.124. The van der Waals surface area contributed by atoms with E-state index in [0.717, 1.165) is 0 Å². The summed E-state index contributed by atoms with van der Waals surface area (Å²) in [7, 11) is -2.11. The molecule has 14 heavy (non-hydrogen) atoms. The molecule has 0 aliphatic heterocycles. The molecule has 0 bridgehead atoms. The van der Waals surface area contributed by atoms with E-state index in [1.807, 2.05) is 0 Å². The van der Waals surface area contributed by atoms with Crippen LogP contribution in [0.5, 0.6) is 0 Å². The van der Waals surface area contributed by atoms with Gasteiger partial charge >= 0.3 is 0 Å². The van der Waals surface area contributed by atoms with Crippen LogP contribution in [-0.2, 0) is 10.0 Å². The Labute approximate surface area is 88.1 Å². The van der Waals surface area contributed by atoms with Crippen molar-refractivity contribution >= 4 is 27.3 Å². The quantitative estimate of drug-likeness (QED) is 0.754. The summed E-state index contributed by atoms with van der Waals surface area (Å²) in [6.45, 7) is 1.70. The van der Waals surface area contributed by atoms with E-state index in [1.54, 1.807) is 6.92 Å². The highest BCUT2D eigenvalue weighted by Crippen LogP contribution is 2.26. The number of benzene rings is 1. The van der Waals surface area contributed by atoms with Gasteiger partial charge < -0.3 is 5.73 Å². The molecule has 4 nitrogen and oxygen atoms in total. The largest absolute Gasteiger partial charge is 0.397 e. The minimum absolute atomic E-state index is 0.124. The Kier molecular flexibility index (Phi) is 3.04. The van der Waals surface area contributed by atoms with Crippen LogP contribution in [0.3, 0.4) is 0 Å². The molecule has 0 unspecified atom stereocenters. The molecular weight excluding hydrogens is 224 g/mol. The number of hydrogen-bond donors (Lipinski definition) is 2. The number of anilines is 1. The Balaban J connectivity index is 3.41. The molecule has 0 saturated carbocycles. The van der Waals surface area contributed by atoms with Gasteiger partial charge in [0.15, 0.2) is 0 Å². The van der Waals surface area contributed by atoms with Crippen LogP contribution in [0.2, 0.25) is 5.02 Å². The molecule has 0 aliphatic carbocycles. The van der Waals surface area contributed by atoms with E-state index in [2.05, 4.69) is 4.72 Å². The molecule has 1 rings (SSSR count). The molecule has 0 radical (unpaired) electrons. The number of nitrogens with one attached hydrogen (secondary N) is 1. The van der Waals surface area contributed by atoms with E-state index in [-0.39, 0.29) is 10.6 Å². The summed E-state index contributed by atoms with van der Waals surface area (Å²) in [6.07, 6.45) is 0. The van der Waals surface area contributed by atoms with Crippen LogP contribution in [0.25, 0.3) is 0 Å². The van der Waals surface area contributed by atoms with Crippen molar-refractivity contribution in [2.75, 3.05) is 12.8 Å². The van der Waals surface area contributed by atoms with Gasteiger partial charge in [-0.05, 0) is 31.7 Å².